The predicted molar refractivity (Wildman–Crippen MR) is 51.4 cm³/mol. The summed E-state index contributed by atoms with van der Waals surface area (Å²) < 4.78 is 2.01. The highest BCUT2D eigenvalue weighted by atomic mass is 35.5. The molecule has 1 aromatic rings. The third kappa shape index (κ3) is 2.85. The second kappa shape index (κ2) is 5.19. The Hall–Kier alpha value is -0.510. The quantitative estimate of drug-likeness (QED) is 0.721. The lowest BCUT2D eigenvalue weighted by atomic mass is 10.2. The monoisotopic (exact) mass is 190 g/mol. The molecule has 12 heavy (non-hydrogen) atoms. The number of rotatable bonds is 3. The minimum atomic E-state index is -0.136. The molecule has 3 N–H and O–H groups in total. The predicted octanol–water partition coefficient (Wildman–Crippen LogP) is 0.309. The van der Waals surface area contributed by atoms with Crippen LogP contribution in [0.5, 0.6) is 0 Å². The van der Waals surface area contributed by atoms with Gasteiger partial charge in [0.2, 0.25) is 0 Å². The van der Waals surface area contributed by atoms with Crippen molar-refractivity contribution in [3.8, 4) is 0 Å². The first kappa shape index (κ1) is 11.5. The van der Waals surface area contributed by atoms with Gasteiger partial charge in [0.1, 0.15) is 0 Å². The Morgan fingerprint density at radius 1 is 1.67 bits per heavy atom. The minimum Gasteiger partial charge on any atom is -0.395 e. The average molecular weight is 191 g/mol. The van der Waals surface area contributed by atoms with E-state index >= 15 is 0 Å². The van der Waals surface area contributed by atoms with E-state index in [9.17, 15) is 0 Å². The van der Waals surface area contributed by atoms with E-state index < -0.39 is 0 Å². The first-order valence-electron chi connectivity index (χ1n) is 3.70. The molecule has 1 unspecified atom stereocenters. The molecule has 0 saturated heterocycles. The van der Waals surface area contributed by atoms with Crippen LogP contribution in [0.3, 0.4) is 0 Å². The number of aromatic nitrogens is 1. The number of halogens is 1. The number of aliphatic hydroxyl groups excluding tert-OH is 1. The molecule has 0 fully saturated rings. The van der Waals surface area contributed by atoms with Gasteiger partial charge in [0.15, 0.2) is 0 Å². The Morgan fingerprint density at radius 2 is 2.33 bits per heavy atom. The zero-order chi connectivity index (χ0) is 8.27. The lowest BCUT2D eigenvalue weighted by molar-refractivity contribution is 0.264. The summed E-state index contributed by atoms with van der Waals surface area (Å²) in [5.41, 5.74) is 6.73. The third-order valence-corrected chi connectivity index (χ3v) is 1.76. The van der Waals surface area contributed by atoms with Crippen LogP contribution in [-0.4, -0.2) is 22.3 Å². The van der Waals surface area contributed by atoms with E-state index in [4.69, 9.17) is 10.8 Å². The number of hydrogen-bond donors (Lipinski definition) is 2. The lowest BCUT2D eigenvalue weighted by Gasteiger charge is -2.08. The maximum atomic E-state index is 8.69. The molecule has 4 heteroatoms. The van der Waals surface area contributed by atoms with E-state index in [0.717, 1.165) is 12.1 Å². The molecule has 0 saturated carbocycles. The molecule has 0 aromatic carbocycles. The summed E-state index contributed by atoms with van der Waals surface area (Å²) in [7, 11) is 1.97. The van der Waals surface area contributed by atoms with Crippen LogP contribution >= 0.6 is 12.4 Å². The van der Waals surface area contributed by atoms with Crippen molar-refractivity contribution in [3.05, 3.63) is 24.0 Å². The van der Waals surface area contributed by atoms with Gasteiger partial charge in [-0.2, -0.15) is 0 Å². The molecule has 0 aliphatic heterocycles. The summed E-state index contributed by atoms with van der Waals surface area (Å²) in [6.07, 6.45) is 2.71. The fraction of sp³-hybridized carbons (Fsp3) is 0.500. The zero-order valence-electron chi connectivity index (χ0n) is 7.10. The van der Waals surface area contributed by atoms with Crippen molar-refractivity contribution in [2.45, 2.75) is 12.5 Å². The maximum absolute atomic E-state index is 8.69. The Kier molecular flexibility index (Phi) is 4.97. The van der Waals surface area contributed by atoms with Gasteiger partial charge in [0.05, 0.1) is 6.61 Å². The van der Waals surface area contributed by atoms with Crippen LogP contribution in [0.4, 0.5) is 0 Å². The van der Waals surface area contributed by atoms with Crippen molar-refractivity contribution < 1.29 is 5.11 Å². The highest BCUT2D eigenvalue weighted by molar-refractivity contribution is 5.85. The van der Waals surface area contributed by atoms with Crippen molar-refractivity contribution >= 4 is 12.4 Å². The molecule has 0 aliphatic rings. The van der Waals surface area contributed by atoms with Gasteiger partial charge in [-0.3, -0.25) is 0 Å². The fourth-order valence-corrected chi connectivity index (χ4v) is 1.04. The number of aliphatic hydroxyl groups is 1. The summed E-state index contributed by atoms with van der Waals surface area (Å²) in [5, 5.41) is 8.69. The second-order valence-electron chi connectivity index (χ2n) is 2.76. The fourth-order valence-electron chi connectivity index (χ4n) is 1.04. The average Bonchev–Trinajstić information content (AvgIpc) is 2.37. The van der Waals surface area contributed by atoms with E-state index in [0.29, 0.717) is 0 Å². The van der Waals surface area contributed by atoms with Gasteiger partial charge in [0.25, 0.3) is 0 Å². The Bertz CT molecular complexity index is 225. The molecular formula is C8H15ClN2O. The standard InChI is InChI=1S/C8H14N2O.ClH/c1-10-4-2-3-8(10)5-7(9)6-11;/h2-4,7,11H,5-6,9H2,1H3;1H. The van der Waals surface area contributed by atoms with E-state index in [1.165, 1.54) is 0 Å². The summed E-state index contributed by atoms with van der Waals surface area (Å²) >= 11 is 0. The number of hydrogen-bond acceptors (Lipinski definition) is 2. The summed E-state index contributed by atoms with van der Waals surface area (Å²) in [5.74, 6) is 0. The first-order chi connectivity index (χ1) is 5.24. The smallest absolute Gasteiger partial charge is 0.0586 e. The minimum absolute atomic E-state index is 0. The van der Waals surface area contributed by atoms with Gasteiger partial charge in [-0.15, -0.1) is 12.4 Å². The largest absolute Gasteiger partial charge is 0.395 e. The number of nitrogens with two attached hydrogens (primary N) is 1. The van der Waals surface area contributed by atoms with Crippen LogP contribution in [0.15, 0.2) is 18.3 Å². The Morgan fingerprint density at radius 3 is 2.75 bits per heavy atom. The summed E-state index contributed by atoms with van der Waals surface area (Å²) in [6, 6.07) is 3.85. The van der Waals surface area contributed by atoms with Gasteiger partial charge >= 0.3 is 0 Å². The van der Waals surface area contributed by atoms with Gasteiger partial charge in [-0.1, -0.05) is 0 Å². The molecule has 0 radical (unpaired) electrons. The van der Waals surface area contributed by atoms with Crippen LogP contribution < -0.4 is 5.73 Å². The van der Waals surface area contributed by atoms with Gasteiger partial charge < -0.3 is 15.4 Å². The molecule has 0 aliphatic carbocycles. The molecule has 1 atom stereocenters. The molecule has 0 bridgehead atoms. The van der Waals surface area contributed by atoms with Crippen LogP contribution in [0.2, 0.25) is 0 Å². The molecule has 1 heterocycles. The highest BCUT2D eigenvalue weighted by Gasteiger charge is 2.03. The molecular weight excluding hydrogens is 176 g/mol. The van der Waals surface area contributed by atoms with Crippen molar-refractivity contribution in [1.29, 1.82) is 0 Å². The van der Waals surface area contributed by atoms with Crippen molar-refractivity contribution in [2.24, 2.45) is 12.8 Å². The van der Waals surface area contributed by atoms with Gasteiger partial charge in [0, 0.05) is 31.4 Å². The van der Waals surface area contributed by atoms with Gasteiger partial charge in [-0.05, 0) is 12.1 Å². The van der Waals surface area contributed by atoms with Crippen LogP contribution in [0.1, 0.15) is 5.69 Å². The second-order valence-corrected chi connectivity index (χ2v) is 2.76. The third-order valence-electron chi connectivity index (χ3n) is 1.76. The Balaban J connectivity index is 0.00000121. The summed E-state index contributed by atoms with van der Waals surface area (Å²) in [6.45, 7) is 0.0468. The number of aryl methyl sites for hydroxylation is 1. The van der Waals surface area contributed by atoms with Crippen LogP contribution in [0.25, 0.3) is 0 Å². The van der Waals surface area contributed by atoms with Crippen molar-refractivity contribution in [2.75, 3.05) is 6.61 Å². The Labute approximate surface area is 78.6 Å². The molecule has 3 nitrogen and oxygen atoms in total. The molecule has 0 spiro atoms. The normalized spacial score (nSPS) is 12.2. The summed E-state index contributed by atoms with van der Waals surface area (Å²) in [4.78, 5) is 0. The van der Waals surface area contributed by atoms with Crippen molar-refractivity contribution in [1.82, 2.24) is 4.57 Å². The van der Waals surface area contributed by atoms with E-state index in [1.807, 2.05) is 29.9 Å². The van der Waals surface area contributed by atoms with Crippen LogP contribution in [0, 0.1) is 0 Å². The van der Waals surface area contributed by atoms with Crippen LogP contribution in [-0.2, 0) is 13.5 Å². The molecule has 0 amide bonds. The van der Waals surface area contributed by atoms with Gasteiger partial charge in [-0.25, -0.2) is 0 Å². The SMILES string of the molecule is Cl.Cn1cccc1CC(N)CO. The molecule has 70 valence electrons. The number of nitrogens with zero attached hydrogens (tertiary/aromatic N) is 1. The topological polar surface area (TPSA) is 51.2 Å². The van der Waals surface area contributed by atoms with Crippen molar-refractivity contribution in [3.63, 3.8) is 0 Å². The van der Waals surface area contributed by atoms with E-state index in [-0.39, 0.29) is 25.1 Å². The van der Waals surface area contributed by atoms with E-state index in [1.54, 1.807) is 0 Å². The van der Waals surface area contributed by atoms with E-state index in [2.05, 4.69) is 0 Å². The maximum Gasteiger partial charge on any atom is 0.0586 e. The molecule has 1 aromatic heterocycles. The zero-order valence-corrected chi connectivity index (χ0v) is 7.92. The molecule has 1 rings (SSSR count). The highest BCUT2D eigenvalue weighted by Crippen LogP contribution is 2.01. The lowest BCUT2D eigenvalue weighted by Crippen LogP contribution is -2.27. The first-order valence-corrected chi connectivity index (χ1v) is 3.70.